The predicted molar refractivity (Wildman–Crippen MR) is 154 cm³/mol. The minimum atomic E-state index is -4.61. The lowest BCUT2D eigenvalue weighted by atomic mass is 9.77. The van der Waals surface area contributed by atoms with E-state index < -0.39 is 32.0 Å². The third-order valence-corrected chi connectivity index (χ3v) is 9.04. The topological polar surface area (TPSA) is 69.7 Å². The fourth-order valence-corrected chi connectivity index (χ4v) is 5.94. The standard InChI is InChI=1S/C27H33Cl3F3N3O3S/c1-26(19-5-7-23(29)24(30)15-19,10-13-36-11-8-20(9-12-36)34-17-40(3,38)39)25(37)35(2)16-18-4-6-22(28)21(14-18)27(31,32)33/h4-7,14-15,20,34H,8-13,16-17H2,1-3H3. The lowest BCUT2D eigenvalue weighted by Crippen LogP contribution is -2.47. The number of amides is 1. The summed E-state index contributed by atoms with van der Waals surface area (Å²) in [5.41, 5.74) is -1.05. The van der Waals surface area contributed by atoms with Gasteiger partial charge in [-0.3, -0.25) is 4.79 Å². The highest BCUT2D eigenvalue weighted by atomic mass is 35.5. The molecular weight excluding hydrogens is 610 g/mol. The van der Waals surface area contributed by atoms with Crippen LogP contribution < -0.4 is 5.32 Å². The number of likely N-dealkylation sites (N-methyl/N-ethyl adjacent to an activating group) is 1. The zero-order valence-corrected chi connectivity index (χ0v) is 25.6. The van der Waals surface area contributed by atoms with E-state index in [1.807, 2.05) is 0 Å². The second-order valence-electron chi connectivity index (χ2n) is 10.6. The first-order valence-corrected chi connectivity index (χ1v) is 15.9. The predicted octanol–water partition coefficient (Wildman–Crippen LogP) is 6.03. The molecule has 1 amide bonds. The van der Waals surface area contributed by atoms with Crippen LogP contribution in [-0.4, -0.2) is 69.0 Å². The van der Waals surface area contributed by atoms with E-state index in [4.69, 9.17) is 34.8 Å². The Bertz CT molecular complexity index is 1320. The molecule has 13 heteroatoms. The molecule has 3 rings (SSSR count). The number of nitrogens with zero attached hydrogens (tertiary/aromatic N) is 2. The molecule has 1 saturated heterocycles. The first-order valence-electron chi connectivity index (χ1n) is 12.7. The maximum atomic E-state index is 13.9. The number of nitrogens with one attached hydrogen (secondary N) is 1. The lowest BCUT2D eigenvalue weighted by Gasteiger charge is -2.37. The van der Waals surface area contributed by atoms with Crippen LogP contribution in [0.15, 0.2) is 36.4 Å². The summed E-state index contributed by atoms with van der Waals surface area (Å²) in [5.74, 6) is -0.342. The van der Waals surface area contributed by atoms with Crippen LogP contribution in [0.4, 0.5) is 13.2 Å². The van der Waals surface area contributed by atoms with E-state index in [1.165, 1.54) is 23.3 Å². The summed E-state index contributed by atoms with van der Waals surface area (Å²) in [6.45, 7) is 3.79. The van der Waals surface area contributed by atoms with Gasteiger partial charge in [-0.05, 0) is 81.2 Å². The van der Waals surface area contributed by atoms with E-state index in [2.05, 4.69) is 10.2 Å². The van der Waals surface area contributed by atoms with Gasteiger partial charge in [0.05, 0.1) is 31.9 Å². The largest absolute Gasteiger partial charge is 0.417 e. The van der Waals surface area contributed by atoms with Crippen LogP contribution >= 0.6 is 34.8 Å². The first-order chi connectivity index (χ1) is 18.5. The van der Waals surface area contributed by atoms with Crippen molar-refractivity contribution in [3.63, 3.8) is 0 Å². The third kappa shape index (κ3) is 8.72. The van der Waals surface area contributed by atoms with Gasteiger partial charge in [-0.15, -0.1) is 0 Å². The van der Waals surface area contributed by atoms with Crippen LogP contribution in [-0.2, 0) is 32.8 Å². The molecular formula is C27H33Cl3F3N3O3S. The Balaban J connectivity index is 1.77. The average Bonchev–Trinajstić information content (AvgIpc) is 2.87. The Morgan fingerprint density at radius 3 is 2.25 bits per heavy atom. The van der Waals surface area contributed by atoms with Crippen LogP contribution in [0.3, 0.4) is 0 Å². The molecule has 0 aliphatic carbocycles. The monoisotopic (exact) mass is 641 g/mol. The second kappa shape index (κ2) is 13.2. The molecule has 1 aliphatic heterocycles. The van der Waals surface area contributed by atoms with Crippen molar-refractivity contribution in [2.75, 3.05) is 38.8 Å². The Kier molecular flexibility index (Phi) is 10.8. The van der Waals surface area contributed by atoms with Crippen molar-refractivity contribution in [3.05, 3.63) is 68.2 Å². The number of piperidine rings is 1. The van der Waals surface area contributed by atoms with Gasteiger partial charge in [0.2, 0.25) is 5.91 Å². The maximum absolute atomic E-state index is 13.9. The molecule has 0 spiro atoms. The zero-order chi connectivity index (χ0) is 29.9. The van der Waals surface area contributed by atoms with Crippen LogP contribution in [0.1, 0.15) is 42.9 Å². The van der Waals surface area contributed by atoms with Crippen molar-refractivity contribution in [3.8, 4) is 0 Å². The number of carbonyl (C=O) groups is 1. The number of carbonyl (C=O) groups excluding carboxylic acids is 1. The van der Waals surface area contributed by atoms with E-state index in [0.29, 0.717) is 34.1 Å². The maximum Gasteiger partial charge on any atom is 0.417 e. The minimum Gasteiger partial charge on any atom is -0.341 e. The van der Waals surface area contributed by atoms with E-state index >= 15 is 0 Å². The summed E-state index contributed by atoms with van der Waals surface area (Å²) in [4.78, 5) is 17.6. The summed E-state index contributed by atoms with van der Waals surface area (Å²) in [7, 11) is -1.55. The highest BCUT2D eigenvalue weighted by molar-refractivity contribution is 7.90. The van der Waals surface area contributed by atoms with Crippen molar-refractivity contribution in [1.82, 2.24) is 15.1 Å². The molecule has 2 aromatic rings. The van der Waals surface area contributed by atoms with Gasteiger partial charge in [-0.2, -0.15) is 13.2 Å². The normalized spacial score (nSPS) is 17.0. The zero-order valence-electron chi connectivity index (χ0n) is 22.5. The Hall–Kier alpha value is -1.56. The molecule has 1 unspecified atom stereocenters. The van der Waals surface area contributed by atoms with E-state index in [1.54, 1.807) is 32.2 Å². The smallest absolute Gasteiger partial charge is 0.341 e. The summed E-state index contributed by atoms with van der Waals surface area (Å²) in [6, 6.07) is 8.74. The van der Waals surface area contributed by atoms with Gasteiger partial charge in [0.25, 0.3) is 0 Å². The minimum absolute atomic E-state index is 0.0482. The molecule has 0 saturated carbocycles. The number of sulfone groups is 1. The summed E-state index contributed by atoms with van der Waals surface area (Å²) < 4.78 is 63.1. The number of rotatable bonds is 10. The van der Waals surface area contributed by atoms with Gasteiger partial charge >= 0.3 is 6.18 Å². The van der Waals surface area contributed by atoms with Crippen LogP contribution in [0.5, 0.6) is 0 Å². The van der Waals surface area contributed by atoms with Gasteiger partial charge in [0.1, 0.15) is 0 Å². The van der Waals surface area contributed by atoms with Gasteiger partial charge in [-0.25, -0.2) is 8.42 Å². The molecule has 1 fully saturated rings. The van der Waals surface area contributed by atoms with Crippen molar-refractivity contribution < 1.29 is 26.4 Å². The van der Waals surface area contributed by atoms with Crippen molar-refractivity contribution >= 4 is 50.5 Å². The molecule has 1 atom stereocenters. The van der Waals surface area contributed by atoms with E-state index in [-0.39, 0.29) is 24.4 Å². The molecule has 0 radical (unpaired) electrons. The Morgan fingerprint density at radius 1 is 1.05 bits per heavy atom. The molecule has 1 aliphatic rings. The number of likely N-dealkylation sites (tertiary alicyclic amines) is 1. The fraction of sp³-hybridized carbons (Fsp3) is 0.519. The van der Waals surface area contributed by atoms with Crippen molar-refractivity contribution in [1.29, 1.82) is 0 Å². The Morgan fingerprint density at radius 2 is 1.68 bits per heavy atom. The number of hydrogen-bond donors (Lipinski definition) is 1. The van der Waals surface area contributed by atoms with Gasteiger partial charge in [-0.1, -0.05) is 46.9 Å². The summed E-state index contributed by atoms with van der Waals surface area (Å²) >= 11 is 18.2. The summed E-state index contributed by atoms with van der Waals surface area (Å²) in [6.07, 6.45) is -1.47. The molecule has 0 bridgehead atoms. The van der Waals surface area contributed by atoms with Crippen molar-refractivity contribution in [2.24, 2.45) is 0 Å². The SMILES string of the molecule is CN(Cc1ccc(Cl)c(C(F)(F)F)c1)C(=O)C(C)(CCN1CCC(NCS(C)(=O)=O)CC1)c1ccc(Cl)c(Cl)c1. The number of alkyl halides is 3. The summed E-state index contributed by atoms with van der Waals surface area (Å²) in [5, 5.41) is 3.32. The third-order valence-electron chi connectivity index (χ3n) is 7.28. The van der Waals surface area contributed by atoms with Gasteiger partial charge in [0.15, 0.2) is 9.84 Å². The average molecular weight is 643 g/mol. The quantitative estimate of drug-likeness (QED) is 0.343. The van der Waals surface area contributed by atoms with Crippen LogP contribution in [0, 0.1) is 0 Å². The fourth-order valence-electron chi connectivity index (χ4n) is 4.88. The number of halogens is 6. The lowest BCUT2D eigenvalue weighted by molar-refractivity contribution is -0.137. The van der Waals surface area contributed by atoms with Crippen LogP contribution in [0.2, 0.25) is 15.1 Å². The van der Waals surface area contributed by atoms with E-state index in [0.717, 1.165) is 32.0 Å². The van der Waals surface area contributed by atoms with Gasteiger partial charge in [0, 0.05) is 25.9 Å². The molecule has 222 valence electrons. The number of benzene rings is 2. The van der Waals surface area contributed by atoms with Crippen molar-refractivity contribution in [2.45, 2.75) is 50.4 Å². The molecule has 2 aromatic carbocycles. The van der Waals surface area contributed by atoms with Crippen LogP contribution in [0.25, 0.3) is 0 Å². The highest BCUT2D eigenvalue weighted by Crippen LogP contribution is 2.37. The Labute approximate surface area is 248 Å². The highest BCUT2D eigenvalue weighted by Gasteiger charge is 2.39. The molecule has 0 aromatic heterocycles. The number of hydrogen-bond acceptors (Lipinski definition) is 5. The van der Waals surface area contributed by atoms with E-state index in [9.17, 15) is 26.4 Å². The second-order valence-corrected chi connectivity index (χ2v) is 13.9. The molecule has 1 heterocycles. The molecule has 40 heavy (non-hydrogen) atoms. The first kappa shape index (κ1) is 32.9. The van der Waals surface area contributed by atoms with Gasteiger partial charge < -0.3 is 15.1 Å². The molecule has 1 N–H and O–H groups in total. The molecule has 6 nitrogen and oxygen atoms in total.